The van der Waals surface area contributed by atoms with Crippen molar-refractivity contribution >= 4 is 29.2 Å². The van der Waals surface area contributed by atoms with E-state index in [1.54, 1.807) is 36.1 Å². The normalized spacial score (nSPS) is 15.9. The van der Waals surface area contributed by atoms with Gasteiger partial charge in [0.15, 0.2) is 0 Å². The minimum absolute atomic E-state index is 0.116. The lowest BCUT2D eigenvalue weighted by Gasteiger charge is -2.20. The third-order valence-electron chi connectivity index (χ3n) is 4.62. The summed E-state index contributed by atoms with van der Waals surface area (Å²) in [6.07, 6.45) is 0.132. The zero-order chi connectivity index (χ0) is 20.8. The van der Waals surface area contributed by atoms with E-state index < -0.39 is 11.9 Å². The topological polar surface area (TPSA) is 84.9 Å². The molecular weight excluding hydrogens is 372 g/mol. The van der Waals surface area contributed by atoms with Crippen molar-refractivity contribution < 1.29 is 23.9 Å². The average Bonchev–Trinajstić information content (AvgIpc) is 3.11. The van der Waals surface area contributed by atoms with Gasteiger partial charge in [-0.25, -0.2) is 4.79 Å². The number of amides is 2. The average molecular weight is 396 g/mol. The van der Waals surface area contributed by atoms with E-state index in [0.717, 1.165) is 0 Å². The lowest BCUT2D eigenvalue weighted by Crippen LogP contribution is -2.28. The number of nitrogens with zero attached hydrogens (tertiary/aromatic N) is 1. The van der Waals surface area contributed by atoms with Gasteiger partial charge in [0.25, 0.3) is 0 Å². The first kappa shape index (κ1) is 20.4. The van der Waals surface area contributed by atoms with Gasteiger partial charge in [0.2, 0.25) is 11.8 Å². The molecule has 2 amide bonds. The van der Waals surface area contributed by atoms with Crippen LogP contribution in [0.25, 0.3) is 0 Å². The van der Waals surface area contributed by atoms with Crippen LogP contribution in [-0.2, 0) is 14.3 Å². The highest BCUT2D eigenvalue weighted by Crippen LogP contribution is 2.33. The van der Waals surface area contributed by atoms with Crippen molar-refractivity contribution in [2.45, 2.75) is 20.3 Å². The summed E-state index contributed by atoms with van der Waals surface area (Å²) in [7, 11) is 0. The van der Waals surface area contributed by atoms with Crippen molar-refractivity contribution in [3.05, 3.63) is 54.1 Å². The van der Waals surface area contributed by atoms with E-state index in [2.05, 4.69) is 5.32 Å². The smallest absolute Gasteiger partial charge is 0.338 e. The quantitative estimate of drug-likeness (QED) is 0.726. The molecule has 0 aliphatic carbocycles. The Morgan fingerprint density at radius 2 is 1.79 bits per heavy atom. The molecule has 152 valence electrons. The molecule has 0 unspecified atom stereocenters. The first-order valence-corrected chi connectivity index (χ1v) is 9.63. The number of nitrogens with one attached hydrogen (secondary N) is 1. The van der Waals surface area contributed by atoms with Crippen LogP contribution >= 0.6 is 0 Å². The zero-order valence-electron chi connectivity index (χ0n) is 16.5. The molecule has 1 aliphatic heterocycles. The van der Waals surface area contributed by atoms with Crippen LogP contribution in [0.5, 0.6) is 5.75 Å². The van der Waals surface area contributed by atoms with Crippen molar-refractivity contribution in [1.82, 2.24) is 0 Å². The number of carbonyl (C=O) groups is 3. The first-order chi connectivity index (χ1) is 14.0. The summed E-state index contributed by atoms with van der Waals surface area (Å²) >= 11 is 0. The minimum Gasteiger partial charge on any atom is -0.492 e. The summed E-state index contributed by atoms with van der Waals surface area (Å²) < 4.78 is 10.5. The van der Waals surface area contributed by atoms with E-state index in [1.165, 1.54) is 0 Å². The van der Waals surface area contributed by atoms with Crippen LogP contribution < -0.4 is 15.0 Å². The van der Waals surface area contributed by atoms with Crippen LogP contribution in [0.3, 0.4) is 0 Å². The molecule has 0 aromatic heterocycles. The molecule has 2 aromatic carbocycles. The molecule has 7 nitrogen and oxygen atoms in total. The van der Waals surface area contributed by atoms with Gasteiger partial charge >= 0.3 is 5.97 Å². The Balaban J connectivity index is 1.66. The van der Waals surface area contributed by atoms with E-state index in [9.17, 15) is 14.4 Å². The van der Waals surface area contributed by atoms with Gasteiger partial charge in [-0.2, -0.15) is 0 Å². The molecule has 0 spiro atoms. The Hall–Kier alpha value is -3.35. The molecule has 7 heteroatoms. The molecule has 1 N–H and O–H groups in total. The maximum atomic E-state index is 12.7. The Labute approximate surface area is 169 Å². The van der Waals surface area contributed by atoms with Crippen LogP contribution in [0, 0.1) is 5.92 Å². The number of rotatable bonds is 7. The number of ether oxygens (including phenoxy) is 2. The summed E-state index contributed by atoms with van der Waals surface area (Å²) in [5, 5.41) is 2.81. The molecule has 1 saturated heterocycles. The van der Waals surface area contributed by atoms with E-state index in [-0.39, 0.29) is 24.8 Å². The molecule has 0 saturated carbocycles. The van der Waals surface area contributed by atoms with Crippen molar-refractivity contribution in [1.29, 1.82) is 0 Å². The predicted molar refractivity (Wildman–Crippen MR) is 109 cm³/mol. The number of hydrogen-bond donors (Lipinski definition) is 1. The van der Waals surface area contributed by atoms with E-state index in [4.69, 9.17) is 9.47 Å². The molecule has 1 heterocycles. The van der Waals surface area contributed by atoms with Crippen LogP contribution in [0.4, 0.5) is 11.4 Å². The van der Waals surface area contributed by atoms with Gasteiger partial charge in [-0.3, -0.25) is 9.59 Å². The van der Waals surface area contributed by atoms with Gasteiger partial charge in [0.05, 0.1) is 30.4 Å². The van der Waals surface area contributed by atoms with Crippen molar-refractivity contribution in [2.24, 2.45) is 5.92 Å². The van der Waals surface area contributed by atoms with Crippen LogP contribution in [-0.4, -0.2) is 37.5 Å². The monoisotopic (exact) mass is 396 g/mol. The molecule has 3 rings (SSSR count). The number of benzene rings is 2. The summed E-state index contributed by atoms with van der Waals surface area (Å²) in [5.41, 5.74) is 1.65. The molecule has 29 heavy (non-hydrogen) atoms. The standard InChI is InChI=1S/C22H24N2O5/c1-3-28-19-8-6-5-7-18(19)24-14-16(13-20(24)25)21(26)23-17-11-9-15(10-12-17)22(27)29-4-2/h5-12,16H,3-4,13-14H2,1-2H3,(H,23,26)/t16-/m0/s1. The third kappa shape index (κ3) is 4.74. The molecule has 1 aliphatic rings. The molecular formula is C22H24N2O5. The van der Waals surface area contributed by atoms with Crippen LogP contribution in [0.2, 0.25) is 0 Å². The fourth-order valence-electron chi connectivity index (χ4n) is 3.22. The summed E-state index contributed by atoms with van der Waals surface area (Å²) in [6, 6.07) is 13.8. The number of anilines is 2. The van der Waals surface area contributed by atoms with Crippen molar-refractivity contribution in [3.8, 4) is 5.75 Å². The van der Waals surface area contributed by atoms with Crippen molar-refractivity contribution in [3.63, 3.8) is 0 Å². The third-order valence-corrected chi connectivity index (χ3v) is 4.62. The highest BCUT2D eigenvalue weighted by molar-refractivity contribution is 6.04. The maximum Gasteiger partial charge on any atom is 0.338 e. The molecule has 0 radical (unpaired) electrons. The number of carbonyl (C=O) groups excluding carboxylic acids is 3. The molecule has 0 bridgehead atoms. The SMILES string of the molecule is CCOC(=O)c1ccc(NC(=O)[C@H]2CC(=O)N(c3ccccc3OCC)C2)cc1. The second-order valence-corrected chi connectivity index (χ2v) is 6.59. The first-order valence-electron chi connectivity index (χ1n) is 9.63. The van der Waals surface area contributed by atoms with Gasteiger partial charge in [0, 0.05) is 18.7 Å². The summed E-state index contributed by atoms with van der Waals surface area (Å²) in [6.45, 7) is 4.70. The Kier molecular flexibility index (Phi) is 6.49. The summed E-state index contributed by atoms with van der Waals surface area (Å²) in [5.74, 6) is -0.607. The fourth-order valence-corrected chi connectivity index (χ4v) is 3.22. The van der Waals surface area contributed by atoms with E-state index >= 15 is 0 Å². The number of esters is 1. The lowest BCUT2D eigenvalue weighted by atomic mass is 10.1. The van der Waals surface area contributed by atoms with Crippen molar-refractivity contribution in [2.75, 3.05) is 30.0 Å². The molecule has 2 aromatic rings. The highest BCUT2D eigenvalue weighted by Gasteiger charge is 2.36. The van der Waals surface area contributed by atoms with Gasteiger partial charge in [-0.05, 0) is 50.2 Å². The van der Waals surface area contributed by atoms with Gasteiger partial charge in [0.1, 0.15) is 5.75 Å². The van der Waals surface area contributed by atoms with E-state index in [0.29, 0.717) is 35.9 Å². The molecule has 1 fully saturated rings. The second kappa shape index (κ2) is 9.23. The number of para-hydroxylation sites is 2. The van der Waals surface area contributed by atoms with E-state index in [1.807, 2.05) is 31.2 Å². The minimum atomic E-state index is -0.470. The lowest BCUT2D eigenvalue weighted by molar-refractivity contribution is -0.122. The number of hydrogen-bond acceptors (Lipinski definition) is 5. The Morgan fingerprint density at radius 3 is 2.48 bits per heavy atom. The highest BCUT2D eigenvalue weighted by atomic mass is 16.5. The van der Waals surface area contributed by atoms with Crippen LogP contribution in [0.15, 0.2) is 48.5 Å². The maximum absolute atomic E-state index is 12.7. The second-order valence-electron chi connectivity index (χ2n) is 6.59. The van der Waals surface area contributed by atoms with Crippen LogP contribution in [0.1, 0.15) is 30.6 Å². The van der Waals surface area contributed by atoms with Gasteiger partial charge in [-0.15, -0.1) is 0 Å². The van der Waals surface area contributed by atoms with Gasteiger partial charge in [-0.1, -0.05) is 12.1 Å². The fraction of sp³-hybridized carbons (Fsp3) is 0.318. The zero-order valence-corrected chi connectivity index (χ0v) is 16.5. The Bertz CT molecular complexity index is 894. The van der Waals surface area contributed by atoms with Gasteiger partial charge < -0.3 is 19.7 Å². The largest absolute Gasteiger partial charge is 0.492 e. The summed E-state index contributed by atoms with van der Waals surface area (Å²) in [4.78, 5) is 38.5. The predicted octanol–water partition coefficient (Wildman–Crippen LogP) is 3.25. The molecule has 1 atom stereocenters. The Morgan fingerprint density at radius 1 is 1.07 bits per heavy atom.